The molecule has 2 atom stereocenters. The Morgan fingerprint density at radius 2 is 1.73 bits per heavy atom. The predicted octanol–water partition coefficient (Wildman–Crippen LogP) is 2.09. The van der Waals surface area contributed by atoms with E-state index in [2.05, 4.69) is 42.0 Å². The molecule has 2 saturated heterocycles. The molecule has 132 valence electrons. The van der Waals surface area contributed by atoms with Crippen LogP contribution in [0.2, 0.25) is 0 Å². The van der Waals surface area contributed by atoms with Gasteiger partial charge >= 0.3 is 0 Å². The molecule has 2 unspecified atom stereocenters. The molecule has 0 spiro atoms. The molecule has 0 N–H and O–H groups in total. The Labute approximate surface area is 151 Å². The zero-order valence-corrected chi connectivity index (χ0v) is 14.4. The van der Waals surface area contributed by atoms with Crippen molar-refractivity contribution < 1.29 is 4.52 Å². The van der Waals surface area contributed by atoms with Crippen LogP contribution in [0.15, 0.2) is 53.6 Å². The molecule has 0 amide bonds. The Balaban J connectivity index is 1.22. The van der Waals surface area contributed by atoms with E-state index in [1.807, 2.05) is 30.6 Å². The van der Waals surface area contributed by atoms with E-state index >= 15 is 0 Å². The van der Waals surface area contributed by atoms with E-state index in [1.54, 1.807) is 0 Å². The number of nitrogens with zero attached hydrogens (tertiary/aromatic N) is 6. The molecule has 2 fully saturated rings. The van der Waals surface area contributed by atoms with Crippen LogP contribution in [0.3, 0.4) is 0 Å². The molecule has 1 aromatic carbocycles. The SMILES string of the molecule is c1ccc(-c2cnc(N3CC4CN(Cc5ncon5)CC4C3)cn2)cc1. The highest BCUT2D eigenvalue weighted by molar-refractivity contribution is 5.58. The van der Waals surface area contributed by atoms with Crippen molar-refractivity contribution in [3.8, 4) is 11.3 Å². The molecule has 3 aromatic rings. The summed E-state index contributed by atoms with van der Waals surface area (Å²) < 4.78 is 4.82. The molecular weight excluding hydrogens is 328 g/mol. The van der Waals surface area contributed by atoms with E-state index < -0.39 is 0 Å². The van der Waals surface area contributed by atoms with Gasteiger partial charge in [-0.25, -0.2) is 4.98 Å². The Hall–Kier alpha value is -2.80. The summed E-state index contributed by atoms with van der Waals surface area (Å²) in [5, 5.41) is 3.91. The van der Waals surface area contributed by atoms with Gasteiger partial charge in [0.2, 0.25) is 6.39 Å². The smallest absolute Gasteiger partial charge is 0.213 e. The lowest BCUT2D eigenvalue weighted by molar-refractivity contribution is 0.293. The maximum Gasteiger partial charge on any atom is 0.213 e. The molecule has 7 nitrogen and oxygen atoms in total. The van der Waals surface area contributed by atoms with Crippen LogP contribution in [-0.4, -0.2) is 51.2 Å². The second-order valence-corrected chi connectivity index (χ2v) is 7.09. The summed E-state index contributed by atoms with van der Waals surface area (Å²) in [6, 6.07) is 10.2. The fourth-order valence-corrected chi connectivity index (χ4v) is 4.11. The first-order chi connectivity index (χ1) is 12.8. The third kappa shape index (κ3) is 2.94. The van der Waals surface area contributed by atoms with Crippen molar-refractivity contribution in [1.29, 1.82) is 0 Å². The highest BCUT2D eigenvalue weighted by Crippen LogP contribution is 2.33. The molecule has 0 aliphatic carbocycles. The van der Waals surface area contributed by atoms with Crippen LogP contribution in [-0.2, 0) is 6.54 Å². The van der Waals surface area contributed by atoms with Crippen LogP contribution in [0, 0.1) is 11.8 Å². The van der Waals surface area contributed by atoms with Gasteiger partial charge < -0.3 is 9.42 Å². The van der Waals surface area contributed by atoms with Gasteiger partial charge in [0, 0.05) is 31.7 Å². The fourth-order valence-electron chi connectivity index (χ4n) is 4.11. The number of fused-ring (bicyclic) bond motifs is 1. The molecule has 0 bridgehead atoms. The normalized spacial score (nSPS) is 22.7. The van der Waals surface area contributed by atoms with Crippen molar-refractivity contribution in [2.75, 3.05) is 31.1 Å². The molecule has 4 heterocycles. The number of rotatable bonds is 4. The summed E-state index contributed by atoms with van der Waals surface area (Å²) in [6.45, 7) is 4.99. The second-order valence-electron chi connectivity index (χ2n) is 7.09. The monoisotopic (exact) mass is 348 g/mol. The quantitative estimate of drug-likeness (QED) is 0.715. The Bertz CT molecular complexity index is 838. The minimum atomic E-state index is 0.664. The summed E-state index contributed by atoms with van der Waals surface area (Å²) in [4.78, 5) is 18.2. The largest absolute Gasteiger partial charge is 0.355 e. The third-order valence-electron chi connectivity index (χ3n) is 5.37. The minimum Gasteiger partial charge on any atom is -0.355 e. The van der Waals surface area contributed by atoms with E-state index in [-0.39, 0.29) is 0 Å². The maximum absolute atomic E-state index is 4.82. The highest BCUT2D eigenvalue weighted by atomic mass is 16.5. The standard InChI is InChI=1S/C19H20N6O/c1-2-4-14(5-3-1)17-6-21-19(7-20-17)25-10-15-8-24(9-16(15)11-25)12-18-22-13-26-23-18/h1-7,13,15-16H,8-12H2. The Kier molecular flexibility index (Phi) is 3.86. The second kappa shape index (κ2) is 6.49. The van der Waals surface area contributed by atoms with Gasteiger partial charge in [-0.2, -0.15) is 4.98 Å². The number of anilines is 1. The van der Waals surface area contributed by atoms with Crippen LogP contribution in [0.1, 0.15) is 5.82 Å². The van der Waals surface area contributed by atoms with Crippen molar-refractivity contribution >= 4 is 5.82 Å². The molecule has 7 heteroatoms. The average molecular weight is 348 g/mol. The lowest BCUT2D eigenvalue weighted by atomic mass is 10.0. The molecule has 5 rings (SSSR count). The fraction of sp³-hybridized carbons (Fsp3) is 0.368. The predicted molar refractivity (Wildman–Crippen MR) is 96.2 cm³/mol. The zero-order chi connectivity index (χ0) is 17.3. The van der Waals surface area contributed by atoms with Gasteiger partial charge in [-0.1, -0.05) is 35.5 Å². The topological polar surface area (TPSA) is 71.2 Å². The summed E-state index contributed by atoms with van der Waals surface area (Å²) in [6.07, 6.45) is 5.17. The molecule has 2 aromatic heterocycles. The van der Waals surface area contributed by atoms with Crippen molar-refractivity contribution in [2.24, 2.45) is 11.8 Å². The van der Waals surface area contributed by atoms with E-state index in [0.717, 1.165) is 55.6 Å². The van der Waals surface area contributed by atoms with E-state index in [4.69, 9.17) is 4.52 Å². The lowest BCUT2D eigenvalue weighted by Crippen LogP contribution is -2.29. The summed E-state index contributed by atoms with van der Waals surface area (Å²) in [7, 11) is 0. The molecule has 2 aliphatic heterocycles. The molecule has 2 aliphatic rings. The number of benzene rings is 1. The van der Waals surface area contributed by atoms with Gasteiger partial charge in [0.15, 0.2) is 5.82 Å². The van der Waals surface area contributed by atoms with Crippen LogP contribution in [0.25, 0.3) is 11.3 Å². The van der Waals surface area contributed by atoms with Gasteiger partial charge in [-0.3, -0.25) is 9.88 Å². The van der Waals surface area contributed by atoms with Crippen LogP contribution < -0.4 is 4.90 Å². The zero-order valence-electron chi connectivity index (χ0n) is 14.4. The van der Waals surface area contributed by atoms with E-state index in [9.17, 15) is 0 Å². The van der Waals surface area contributed by atoms with Crippen LogP contribution in [0.4, 0.5) is 5.82 Å². The van der Waals surface area contributed by atoms with Gasteiger partial charge in [0.1, 0.15) is 5.82 Å². The molecular formula is C19H20N6O. The first kappa shape index (κ1) is 15.5. The number of hydrogen-bond acceptors (Lipinski definition) is 7. The summed E-state index contributed by atoms with van der Waals surface area (Å²) in [5.74, 6) is 3.07. The average Bonchev–Trinajstić information content (AvgIpc) is 3.40. The highest BCUT2D eigenvalue weighted by Gasteiger charge is 2.40. The number of likely N-dealkylation sites (tertiary alicyclic amines) is 1. The van der Waals surface area contributed by atoms with E-state index in [0.29, 0.717) is 11.8 Å². The first-order valence-electron chi connectivity index (χ1n) is 8.95. The third-order valence-corrected chi connectivity index (χ3v) is 5.37. The van der Waals surface area contributed by atoms with Crippen LogP contribution >= 0.6 is 0 Å². The molecule has 26 heavy (non-hydrogen) atoms. The summed E-state index contributed by atoms with van der Waals surface area (Å²) >= 11 is 0. The van der Waals surface area contributed by atoms with Crippen molar-refractivity contribution in [2.45, 2.75) is 6.54 Å². The van der Waals surface area contributed by atoms with E-state index in [1.165, 1.54) is 6.39 Å². The molecule has 0 radical (unpaired) electrons. The number of aromatic nitrogens is 4. The van der Waals surface area contributed by atoms with Gasteiger partial charge in [0.25, 0.3) is 0 Å². The van der Waals surface area contributed by atoms with Crippen molar-refractivity contribution in [3.05, 3.63) is 54.9 Å². The van der Waals surface area contributed by atoms with Gasteiger partial charge in [-0.15, -0.1) is 0 Å². The molecule has 0 saturated carbocycles. The van der Waals surface area contributed by atoms with Gasteiger partial charge in [-0.05, 0) is 11.8 Å². The van der Waals surface area contributed by atoms with Gasteiger partial charge in [0.05, 0.1) is 24.6 Å². The van der Waals surface area contributed by atoms with Crippen molar-refractivity contribution in [3.63, 3.8) is 0 Å². The summed E-state index contributed by atoms with van der Waals surface area (Å²) in [5.41, 5.74) is 2.02. The minimum absolute atomic E-state index is 0.664. The maximum atomic E-state index is 4.82. The van der Waals surface area contributed by atoms with Crippen LogP contribution in [0.5, 0.6) is 0 Å². The Morgan fingerprint density at radius 1 is 0.923 bits per heavy atom. The van der Waals surface area contributed by atoms with Crippen molar-refractivity contribution in [1.82, 2.24) is 25.0 Å². The first-order valence-corrected chi connectivity index (χ1v) is 8.95. The lowest BCUT2D eigenvalue weighted by Gasteiger charge is -2.21. The number of hydrogen-bond donors (Lipinski definition) is 0. The Morgan fingerprint density at radius 3 is 2.38 bits per heavy atom.